The van der Waals surface area contributed by atoms with Gasteiger partial charge in [0.2, 0.25) is 0 Å². The Morgan fingerprint density at radius 3 is 2.88 bits per heavy atom. The summed E-state index contributed by atoms with van der Waals surface area (Å²) >= 11 is 3.33. The van der Waals surface area contributed by atoms with Crippen LogP contribution in [-0.4, -0.2) is 34.3 Å². The summed E-state index contributed by atoms with van der Waals surface area (Å²) in [6.07, 6.45) is 1.21. The number of carbonyl (C=O) groups excluding carboxylic acids is 1. The summed E-state index contributed by atoms with van der Waals surface area (Å²) in [6, 6.07) is 1.31. The highest BCUT2D eigenvalue weighted by Crippen LogP contribution is 2.14. The minimum atomic E-state index is -0.639. The predicted molar refractivity (Wildman–Crippen MR) is 69.8 cm³/mol. The molecule has 17 heavy (non-hydrogen) atoms. The first-order valence-electron chi connectivity index (χ1n) is 5.53. The normalized spacial score (nSPS) is 14.4. The van der Waals surface area contributed by atoms with Crippen molar-refractivity contribution in [2.75, 3.05) is 6.54 Å². The third-order valence-corrected chi connectivity index (χ3v) is 2.99. The molecule has 6 heteroatoms. The molecule has 5 nitrogen and oxygen atoms in total. The average Bonchev–Trinajstić information content (AvgIpc) is 2.66. The summed E-state index contributed by atoms with van der Waals surface area (Å²) < 4.78 is 2.71. The van der Waals surface area contributed by atoms with Crippen molar-refractivity contribution >= 4 is 21.8 Å². The molecular formula is C11H18BrN3O2. The van der Waals surface area contributed by atoms with E-state index in [4.69, 9.17) is 5.73 Å². The van der Waals surface area contributed by atoms with Crippen LogP contribution in [0.15, 0.2) is 16.7 Å². The monoisotopic (exact) mass is 303 g/mol. The lowest BCUT2D eigenvalue weighted by molar-refractivity contribution is 0.0928. The third kappa shape index (κ3) is 3.83. The van der Waals surface area contributed by atoms with E-state index in [1.54, 1.807) is 13.0 Å². The minimum Gasteiger partial charge on any atom is -0.392 e. The molecule has 0 aliphatic heterocycles. The molecule has 96 valence electrons. The van der Waals surface area contributed by atoms with Crippen LogP contribution >= 0.6 is 15.9 Å². The molecule has 0 fully saturated rings. The van der Waals surface area contributed by atoms with Gasteiger partial charge in [0.1, 0.15) is 5.69 Å². The van der Waals surface area contributed by atoms with Crippen LogP contribution in [0.25, 0.3) is 0 Å². The number of nitrogens with zero attached hydrogens (tertiary/aromatic N) is 1. The van der Waals surface area contributed by atoms with Gasteiger partial charge in [-0.25, -0.2) is 0 Å². The number of aliphatic hydroxyl groups excluding tert-OH is 1. The van der Waals surface area contributed by atoms with Gasteiger partial charge in [0.05, 0.1) is 6.10 Å². The van der Waals surface area contributed by atoms with Crippen molar-refractivity contribution in [1.82, 2.24) is 9.88 Å². The van der Waals surface area contributed by atoms with Crippen LogP contribution in [0.2, 0.25) is 0 Å². The number of aliphatic hydroxyl groups is 1. The largest absolute Gasteiger partial charge is 0.392 e. The molecule has 1 heterocycles. The number of aromatic nitrogens is 1. The number of hydrogen-bond donors (Lipinski definition) is 3. The van der Waals surface area contributed by atoms with E-state index in [0.717, 1.165) is 11.0 Å². The van der Waals surface area contributed by atoms with Gasteiger partial charge in [-0.05, 0) is 35.8 Å². The number of nitrogens with one attached hydrogen (secondary N) is 1. The van der Waals surface area contributed by atoms with Crippen molar-refractivity contribution in [3.05, 3.63) is 22.4 Å². The zero-order chi connectivity index (χ0) is 13.0. The molecular weight excluding hydrogens is 286 g/mol. The Kier molecular flexibility index (Phi) is 5.17. The predicted octanol–water partition coefficient (Wildman–Crippen LogP) is 0.708. The number of carbonyl (C=O) groups is 1. The third-order valence-electron chi connectivity index (χ3n) is 2.55. The molecule has 2 unspecified atom stereocenters. The number of nitrogens with two attached hydrogens (primary N) is 1. The van der Waals surface area contributed by atoms with E-state index in [1.807, 2.05) is 17.7 Å². The fraction of sp³-hybridized carbons (Fsp3) is 0.545. The van der Waals surface area contributed by atoms with Crippen molar-refractivity contribution in [3.63, 3.8) is 0 Å². The van der Waals surface area contributed by atoms with E-state index in [1.165, 1.54) is 0 Å². The highest BCUT2D eigenvalue weighted by atomic mass is 79.9. The lowest BCUT2D eigenvalue weighted by Crippen LogP contribution is -2.44. The van der Waals surface area contributed by atoms with Gasteiger partial charge in [0, 0.05) is 29.8 Å². The maximum atomic E-state index is 11.9. The van der Waals surface area contributed by atoms with E-state index >= 15 is 0 Å². The second kappa shape index (κ2) is 6.18. The van der Waals surface area contributed by atoms with Crippen LogP contribution in [-0.2, 0) is 6.54 Å². The van der Waals surface area contributed by atoms with Crippen molar-refractivity contribution in [2.45, 2.75) is 32.5 Å². The highest BCUT2D eigenvalue weighted by Gasteiger charge is 2.15. The SMILES string of the molecule is CCn1cc(Br)cc1C(=O)NCC(N)C(C)O. The molecule has 0 aliphatic rings. The molecule has 1 amide bonds. The van der Waals surface area contributed by atoms with Crippen LogP contribution in [0.4, 0.5) is 0 Å². The van der Waals surface area contributed by atoms with Crippen molar-refractivity contribution in [1.29, 1.82) is 0 Å². The van der Waals surface area contributed by atoms with Crippen LogP contribution in [0.5, 0.6) is 0 Å². The van der Waals surface area contributed by atoms with Gasteiger partial charge in [-0.1, -0.05) is 0 Å². The number of rotatable bonds is 5. The molecule has 4 N–H and O–H groups in total. The van der Waals surface area contributed by atoms with E-state index in [-0.39, 0.29) is 12.5 Å². The summed E-state index contributed by atoms with van der Waals surface area (Å²) in [6.45, 7) is 4.53. The number of halogens is 1. The van der Waals surface area contributed by atoms with Gasteiger partial charge in [0.25, 0.3) is 5.91 Å². The van der Waals surface area contributed by atoms with Gasteiger partial charge in [-0.2, -0.15) is 0 Å². The van der Waals surface area contributed by atoms with E-state index in [9.17, 15) is 9.90 Å². The van der Waals surface area contributed by atoms with Crippen LogP contribution < -0.4 is 11.1 Å². The summed E-state index contributed by atoms with van der Waals surface area (Å²) in [5.41, 5.74) is 6.22. The van der Waals surface area contributed by atoms with Gasteiger partial charge in [-0.3, -0.25) is 4.79 Å². The smallest absolute Gasteiger partial charge is 0.268 e. The van der Waals surface area contributed by atoms with Gasteiger partial charge >= 0.3 is 0 Å². The van der Waals surface area contributed by atoms with Crippen molar-refractivity contribution < 1.29 is 9.90 Å². The minimum absolute atomic E-state index is 0.186. The standard InChI is InChI=1S/C11H18BrN3O2/c1-3-15-6-8(12)4-10(15)11(17)14-5-9(13)7(2)16/h4,6-7,9,16H,3,5,13H2,1-2H3,(H,14,17). The van der Waals surface area contributed by atoms with Gasteiger partial charge < -0.3 is 20.7 Å². The van der Waals surface area contributed by atoms with Crippen molar-refractivity contribution in [2.24, 2.45) is 5.73 Å². The molecule has 1 rings (SSSR count). The highest BCUT2D eigenvalue weighted by molar-refractivity contribution is 9.10. The Balaban J connectivity index is 2.63. The van der Waals surface area contributed by atoms with E-state index in [2.05, 4.69) is 21.2 Å². The second-order valence-corrected chi connectivity index (χ2v) is 4.86. The van der Waals surface area contributed by atoms with Gasteiger partial charge in [-0.15, -0.1) is 0 Å². The molecule has 0 spiro atoms. The fourth-order valence-electron chi connectivity index (χ4n) is 1.40. The van der Waals surface area contributed by atoms with Crippen molar-refractivity contribution in [3.8, 4) is 0 Å². The summed E-state index contributed by atoms with van der Waals surface area (Å²) in [5.74, 6) is -0.186. The van der Waals surface area contributed by atoms with Crippen LogP contribution in [0, 0.1) is 0 Å². The molecule has 0 radical (unpaired) electrons. The lowest BCUT2D eigenvalue weighted by Gasteiger charge is -2.15. The Labute approximate surface area is 109 Å². The molecule has 2 atom stereocenters. The number of amides is 1. The number of aryl methyl sites for hydroxylation is 1. The maximum absolute atomic E-state index is 11.9. The zero-order valence-electron chi connectivity index (χ0n) is 9.98. The average molecular weight is 304 g/mol. The second-order valence-electron chi connectivity index (χ2n) is 3.94. The van der Waals surface area contributed by atoms with Crippen LogP contribution in [0.1, 0.15) is 24.3 Å². The molecule has 0 aromatic carbocycles. The summed E-state index contributed by atoms with van der Waals surface area (Å²) in [7, 11) is 0. The topological polar surface area (TPSA) is 80.3 Å². The first-order valence-corrected chi connectivity index (χ1v) is 6.32. The Morgan fingerprint density at radius 2 is 2.35 bits per heavy atom. The molecule has 0 aliphatic carbocycles. The molecule has 1 aromatic heterocycles. The first kappa shape index (κ1) is 14.2. The molecule has 0 saturated carbocycles. The molecule has 0 bridgehead atoms. The van der Waals surface area contributed by atoms with E-state index < -0.39 is 12.1 Å². The maximum Gasteiger partial charge on any atom is 0.268 e. The molecule has 1 aromatic rings. The first-order chi connectivity index (χ1) is 7.95. The zero-order valence-corrected chi connectivity index (χ0v) is 11.6. The lowest BCUT2D eigenvalue weighted by atomic mass is 10.2. The Hall–Kier alpha value is -0.850. The van der Waals surface area contributed by atoms with Gasteiger partial charge in [0.15, 0.2) is 0 Å². The Morgan fingerprint density at radius 1 is 1.71 bits per heavy atom. The quantitative estimate of drug-likeness (QED) is 0.749. The number of hydrogen-bond acceptors (Lipinski definition) is 3. The summed E-state index contributed by atoms with van der Waals surface area (Å²) in [4.78, 5) is 11.9. The van der Waals surface area contributed by atoms with E-state index in [0.29, 0.717) is 5.69 Å². The molecule has 0 saturated heterocycles. The Bertz CT molecular complexity index is 390. The fourth-order valence-corrected chi connectivity index (χ4v) is 1.86. The summed E-state index contributed by atoms with van der Waals surface area (Å²) in [5, 5.41) is 11.9. The van der Waals surface area contributed by atoms with Crippen LogP contribution in [0.3, 0.4) is 0 Å².